The first-order valence-electron chi connectivity index (χ1n) is 12.8. The van der Waals surface area contributed by atoms with Gasteiger partial charge in [0.1, 0.15) is 5.75 Å². The SMILES string of the molecule is CC(=O)N1CCN(c2ccc(Oc3nc4nc(-c5ccc(N6CCOCC6)cc5)c(Cl)cc4[nH]3)cc2)CC1. The third kappa shape index (κ3) is 5.12. The molecule has 0 saturated carbocycles. The highest BCUT2D eigenvalue weighted by molar-refractivity contribution is 6.33. The lowest BCUT2D eigenvalue weighted by atomic mass is 10.1. The van der Waals surface area contributed by atoms with Crippen molar-refractivity contribution in [3.05, 3.63) is 59.6 Å². The summed E-state index contributed by atoms with van der Waals surface area (Å²) >= 11 is 6.61. The average Bonchev–Trinajstić information content (AvgIpc) is 3.34. The molecule has 2 saturated heterocycles. The number of ether oxygens (including phenoxy) is 2. The summed E-state index contributed by atoms with van der Waals surface area (Å²) in [4.78, 5) is 30.5. The highest BCUT2D eigenvalue weighted by Crippen LogP contribution is 2.32. The number of amides is 1. The number of nitrogens with zero attached hydrogens (tertiary/aromatic N) is 5. The van der Waals surface area contributed by atoms with Crippen molar-refractivity contribution in [1.29, 1.82) is 0 Å². The number of aromatic nitrogens is 3. The predicted molar refractivity (Wildman–Crippen MR) is 148 cm³/mol. The molecule has 0 spiro atoms. The fraction of sp³-hybridized carbons (Fsp3) is 0.321. The Balaban J connectivity index is 1.15. The summed E-state index contributed by atoms with van der Waals surface area (Å²) in [5, 5.41) is 0.543. The van der Waals surface area contributed by atoms with E-state index >= 15 is 0 Å². The van der Waals surface area contributed by atoms with E-state index in [1.165, 1.54) is 0 Å². The Morgan fingerprint density at radius 1 is 0.895 bits per heavy atom. The molecule has 4 aromatic rings. The van der Waals surface area contributed by atoms with Gasteiger partial charge in [0, 0.05) is 63.1 Å². The lowest BCUT2D eigenvalue weighted by molar-refractivity contribution is -0.129. The molecule has 2 fully saturated rings. The quantitative estimate of drug-likeness (QED) is 0.402. The maximum atomic E-state index is 11.6. The molecule has 38 heavy (non-hydrogen) atoms. The molecule has 2 aromatic heterocycles. The zero-order valence-corrected chi connectivity index (χ0v) is 21.9. The van der Waals surface area contributed by atoms with E-state index in [4.69, 9.17) is 26.1 Å². The highest BCUT2D eigenvalue weighted by atomic mass is 35.5. The van der Waals surface area contributed by atoms with Crippen molar-refractivity contribution in [1.82, 2.24) is 19.9 Å². The Labute approximate surface area is 225 Å². The van der Waals surface area contributed by atoms with E-state index in [1.807, 2.05) is 47.4 Å². The number of fused-ring (bicyclic) bond motifs is 1. The number of pyridine rings is 1. The molecule has 2 aromatic carbocycles. The van der Waals surface area contributed by atoms with Crippen molar-refractivity contribution in [3.8, 4) is 23.0 Å². The van der Waals surface area contributed by atoms with Crippen molar-refractivity contribution in [2.75, 3.05) is 62.3 Å². The van der Waals surface area contributed by atoms with Crippen LogP contribution in [0.25, 0.3) is 22.4 Å². The van der Waals surface area contributed by atoms with E-state index in [1.54, 1.807) is 6.92 Å². The summed E-state index contributed by atoms with van der Waals surface area (Å²) in [5.74, 6) is 0.795. The maximum absolute atomic E-state index is 11.6. The largest absolute Gasteiger partial charge is 0.426 e. The van der Waals surface area contributed by atoms with Crippen LogP contribution in [0.3, 0.4) is 0 Å². The van der Waals surface area contributed by atoms with Gasteiger partial charge in [-0.05, 0) is 42.5 Å². The number of hydrogen-bond donors (Lipinski definition) is 1. The van der Waals surface area contributed by atoms with Crippen molar-refractivity contribution >= 4 is 40.0 Å². The number of piperazine rings is 1. The Morgan fingerprint density at radius 2 is 1.53 bits per heavy atom. The highest BCUT2D eigenvalue weighted by Gasteiger charge is 2.19. The summed E-state index contributed by atoms with van der Waals surface area (Å²) in [6, 6.07) is 18.3. The molecule has 2 aliphatic rings. The minimum Gasteiger partial charge on any atom is -0.426 e. The molecule has 0 aliphatic carbocycles. The Kier molecular flexibility index (Phi) is 6.78. The van der Waals surface area contributed by atoms with Gasteiger partial charge in [-0.2, -0.15) is 4.98 Å². The van der Waals surface area contributed by atoms with E-state index in [2.05, 4.69) is 31.9 Å². The van der Waals surface area contributed by atoms with Crippen LogP contribution in [0.1, 0.15) is 6.92 Å². The van der Waals surface area contributed by atoms with Gasteiger partial charge in [-0.1, -0.05) is 23.7 Å². The van der Waals surface area contributed by atoms with Crippen LogP contribution in [-0.2, 0) is 9.53 Å². The fourth-order valence-corrected chi connectivity index (χ4v) is 5.17. The zero-order valence-electron chi connectivity index (χ0n) is 21.2. The van der Waals surface area contributed by atoms with E-state index in [0.29, 0.717) is 33.6 Å². The Morgan fingerprint density at radius 3 is 2.18 bits per heavy atom. The van der Waals surface area contributed by atoms with Gasteiger partial charge < -0.3 is 29.2 Å². The first kappa shape index (κ1) is 24.5. The number of nitrogens with one attached hydrogen (secondary N) is 1. The molecule has 10 heteroatoms. The second-order valence-electron chi connectivity index (χ2n) is 9.47. The van der Waals surface area contributed by atoms with E-state index in [9.17, 15) is 4.79 Å². The molecule has 0 unspecified atom stereocenters. The normalized spacial score (nSPS) is 16.2. The Bertz CT molecular complexity index is 1430. The molecule has 0 atom stereocenters. The van der Waals surface area contributed by atoms with Gasteiger partial charge in [0.15, 0.2) is 5.65 Å². The Hall–Kier alpha value is -3.82. The minimum absolute atomic E-state index is 0.129. The second kappa shape index (κ2) is 10.5. The van der Waals surface area contributed by atoms with Crippen LogP contribution in [0.5, 0.6) is 11.8 Å². The van der Waals surface area contributed by atoms with Gasteiger partial charge in [-0.3, -0.25) is 4.79 Å². The molecule has 4 heterocycles. The first-order chi connectivity index (χ1) is 18.5. The van der Waals surface area contributed by atoms with Crippen LogP contribution in [0.2, 0.25) is 5.02 Å². The van der Waals surface area contributed by atoms with Crippen molar-refractivity contribution < 1.29 is 14.3 Å². The van der Waals surface area contributed by atoms with Crippen LogP contribution >= 0.6 is 11.6 Å². The number of halogens is 1. The molecular formula is C28H29ClN6O3. The van der Waals surface area contributed by atoms with Crippen LogP contribution in [0.4, 0.5) is 11.4 Å². The minimum atomic E-state index is 0.129. The molecule has 196 valence electrons. The van der Waals surface area contributed by atoms with Crippen LogP contribution in [0.15, 0.2) is 54.6 Å². The number of anilines is 2. The number of imidazole rings is 1. The number of aromatic amines is 1. The zero-order chi connectivity index (χ0) is 26.1. The number of H-pyrrole nitrogens is 1. The number of benzene rings is 2. The van der Waals surface area contributed by atoms with Gasteiger partial charge in [0.2, 0.25) is 5.91 Å². The van der Waals surface area contributed by atoms with Crippen LogP contribution in [-0.4, -0.2) is 78.2 Å². The number of morpholine rings is 1. The summed E-state index contributed by atoms with van der Waals surface area (Å²) in [7, 11) is 0. The molecule has 1 amide bonds. The van der Waals surface area contributed by atoms with Gasteiger partial charge in [0.05, 0.1) is 29.4 Å². The standard InChI is InChI=1S/C28H29ClN6O3/c1-19(36)33-10-12-34(13-11-33)22-6-8-23(9-7-22)38-28-30-25-18-24(29)26(31-27(25)32-28)20-2-4-21(5-3-20)35-14-16-37-17-15-35/h2-9,18H,10-17H2,1H3,(H,30,31,32). The molecule has 9 nitrogen and oxygen atoms in total. The molecule has 6 rings (SSSR count). The molecule has 0 radical (unpaired) electrons. The van der Waals surface area contributed by atoms with Gasteiger partial charge in [-0.15, -0.1) is 0 Å². The van der Waals surface area contributed by atoms with Crippen molar-refractivity contribution in [2.24, 2.45) is 0 Å². The van der Waals surface area contributed by atoms with Crippen LogP contribution in [0, 0.1) is 0 Å². The van der Waals surface area contributed by atoms with E-state index in [-0.39, 0.29) is 5.91 Å². The van der Waals surface area contributed by atoms with Crippen molar-refractivity contribution in [2.45, 2.75) is 6.92 Å². The predicted octanol–water partition coefficient (Wildman–Crippen LogP) is 4.58. The molecule has 2 aliphatic heterocycles. The summed E-state index contributed by atoms with van der Waals surface area (Å²) in [5.41, 5.74) is 5.12. The smallest absolute Gasteiger partial charge is 0.301 e. The topological polar surface area (TPSA) is 86.8 Å². The summed E-state index contributed by atoms with van der Waals surface area (Å²) < 4.78 is 11.4. The number of carbonyl (C=O) groups excluding carboxylic acids is 1. The fourth-order valence-electron chi connectivity index (χ4n) is 4.91. The van der Waals surface area contributed by atoms with Gasteiger partial charge in [-0.25, -0.2) is 4.98 Å². The summed E-state index contributed by atoms with van der Waals surface area (Å²) in [6.45, 7) is 8.00. The third-order valence-corrected chi connectivity index (χ3v) is 7.35. The lowest BCUT2D eigenvalue weighted by Gasteiger charge is -2.35. The maximum Gasteiger partial charge on any atom is 0.301 e. The molecule has 0 bridgehead atoms. The van der Waals surface area contributed by atoms with E-state index < -0.39 is 0 Å². The first-order valence-corrected chi connectivity index (χ1v) is 13.2. The second-order valence-corrected chi connectivity index (χ2v) is 9.87. The number of carbonyl (C=O) groups is 1. The molecular weight excluding hydrogens is 504 g/mol. The van der Waals surface area contributed by atoms with Gasteiger partial charge in [0.25, 0.3) is 0 Å². The molecule has 1 N–H and O–H groups in total. The third-order valence-electron chi connectivity index (χ3n) is 7.06. The van der Waals surface area contributed by atoms with Crippen LogP contribution < -0.4 is 14.5 Å². The number of rotatable bonds is 5. The number of hydrogen-bond acceptors (Lipinski definition) is 7. The monoisotopic (exact) mass is 532 g/mol. The lowest BCUT2D eigenvalue weighted by Crippen LogP contribution is -2.48. The summed E-state index contributed by atoms with van der Waals surface area (Å²) in [6.07, 6.45) is 0. The van der Waals surface area contributed by atoms with E-state index in [0.717, 1.165) is 69.4 Å². The van der Waals surface area contributed by atoms with Gasteiger partial charge >= 0.3 is 6.01 Å². The van der Waals surface area contributed by atoms with Crippen molar-refractivity contribution in [3.63, 3.8) is 0 Å². The average molecular weight is 533 g/mol.